The number of nitrogens with two attached hydrogens (primary N) is 1. The molecule has 1 aliphatic heterocycles. The third-order valence-electron chi connectivity index (χ3n) is 7.36. The second-order valence-electron chi connectivity index (χ2n) is 11.0. The summed E-state index contributed by atoms with van der Waals surface area (Å²) < 4.78 is 0. The molecular weight excluding hydrogens is 502 g/mol. The Balaban J connectivity index is 1.69. The van der Waals surface area contributed by atoms with Crippen molar-refractivity contribution >= 4 is 17.4 Å². The van der Waals surface area contributed by atoms with Gasteiger partial charge in [0, 0.05) is 79.6 Å². The molecule has 40 heavy (non-hydrogen) atoms. The first-order chi connectivity index (χ1) is 19.2. The molecule has 0 atom stereocenters. The summed E-state index contributed by atoms with van der Waals surface area (Å²) in [6.45, 7) is 12.3. The van der Waals surface area contributed by atoms with Crippen molar-refractivity contribution in [2.45, 2.75) is 59.7 Å². The van der Waals surface area contributed by atoms with Gasteiger partial charge in [0.1, 0.15) is 5.82 Å². The molecule has 5 N–H and O–H groups in total. The zero-order valence-corrected chi connectivity index (χ0v) is 24.4. The fourth-order valence-corrected chi connectivity index (χ4v) is 5.24. The van der Waals surface area contributed by atoms with E-state index in [9.17, 15) is 9.59 Å². The highest BCUT2D eigenvalue weighted by molar-refractivity contribution is 5.99. The van der Waals surface area contributed by atoms with E-state index in [-0.39, 0.29) is 30.6 Å². The zero-order valence-electron chi connectivity index (χ0n) is 24.4. The molecule has 214 valence electrons. The van der Waals surface area contributed by atoms with Crippen LogP contribution in [0.15, 0.2) is 41.3 Å². The summed E-state index contributed by atoms with van der Waals surface area (Å²) in [7, 11) is 2.13. The number of pyridine rings is 2. The molecule has 2 aromatic heterocycles. The van der Waals surface area contributed by atoms with Gasteiger partial charge in [-0.05, 0) is 81.3 Å². The number of anilines is 2. The van der Waals surface area contributed by atoms with Gasteiger partial charge in [0.15, 0.2) is 0 Å². The van der Waals surface area contributed by atoms with Crippen LogP contribution in [0.2, 0.25) is 0 Å². The number of piperazine rings is 1. The van der Waals surface area contributed by atoms with Crippen molar-refractivity contribution < 1.29 is 4.79 Å². The zero-order chi connectivity index (χ0) is 28.8. The molecule has 1 aromatic carbocycles. The smallest absolute Gasteiger partial charge is 0.253 e. The quantitative estimate of drug-likeness (QED) is 0.307. The molecule has 9 nitrogen and oxygen atoms in total. The van der Waals surface area contributed by atoms with E-state index in [2.05, 4.69) is 70.4 Å². The normalized spacial score (nSPS) is 14.0. The summed E-state index contributed by atoms with van der Waals surface area (Å²) in [6, 6.07) is 10.2. The Bertz CT molecular complexity index is 1390. The van der Waals surface area contributed by atoms with Crippen molar-refractivity contribution in [3.8, 4) is 11.1 Å². The Morgan fingerprint density at radius 1 is 1.10 bits per heavy atom. The molecule has 0 bridgehead atoms. The maximum Gasteiger partial charge on any atom is 0.253 e. The third kappa shape index (κ3) is 6.89. The van der Waals surface area contributed by atoms with Gasteiger partial charge in [-0.2, -0.15) is 0 Å². The van der Waals surface area contributed by atoms with Crippen LogP contribution in [0.5, 0.6) is 0 Å². The number of likely N-dealkylation sites (N-methyl/N-ethyl adjacent to an activating group) is 1. The molecule has 1 amide bonds. The lowest BCUT2D eigenvalue weighted by Crippen LogP contribution is -2.44. The number of aromatic nitrogens is 2. The first-order valence-electron chi connectivity index (χ1n) is 14.2. The van der Waals surface area contributed by atoms with Crippen LogP contribution < -0.4 is 26.8 Å². The monoisotopic (exact) mass is 545 g/mol. The van der Waals surface area contributed by atoms with Crippen LogP contribution in [-0.2, 0) is 19.5 Å². The minimum absolute atomic E-state index is 0.147. The number of hydrogen-bond acceptors (Lipinski definition) is 7. The Labute approximate surface area is 237 Å². The topological polar surface area (TPSA) is 119 Å². The van der Waals surface area contributed by atoms with Crippen LogP contribution in [0, 0.1) is 6.92 Å². The summed E-state index contributed by atoms with van der Waals surface area (Å²) in [6.07, 6.45) is 3.52. The largest absolute Gasteiger partial charge is 0.383 e. The molecule has 9 heteroatoms. The highest BCUT2D eigenvalue weighted by atomic mass is 16.1. The molecule has 0 unspecified atom stereocenters. The molecule has 0 saturated carbocycles. The standard InChI is InChI=1S/C31H43N7O2/c1-6-7-23-14-21(4)36-31(40)27(23)19-34-30(39)25-15-24(16-28(26(25)18-32)35-20(2)3)22-8-9-33-29(17-22)38-12-10-37(5)11-13-38/h8-9,14-17,20,35H,6-7,10-13,18-19,32H2,1-5H3,(H,34,39)(H,36,40). The molecule has 1 fully saturated rings. The fraction of sp³-hybridized carbons (Fsp3) is 0.452. The summed E-state index contributed by atoms with van der Waals surface area (Å²) >= 11 is 0. The minimum atomic E-state index is -0.259. The number of carbonyl (C=O) groups is 1. The number of benzene rings is 1. The summed E-state index contributed by atoms with van der Waals surface area (Å²) in [5, 5.41) is 6.49. The van der Waals surface area contributed by atoms with E-state index < -0.39 is 0 Å². The maximum atomic E-state index is 13.7. The Morgan fingerprint density at radius 2 is 1.85 bits per heavy atom. The van der Waals surface area contributed by atoms with E-state index >= 15 is 0 Å². The average molecular weight is 546 g/mol. The van der Waals surface area contributed by atoms with Crippen molar-refractivity contribution in [1.82, 2.24) is 20.2 Å². The van der Waals surface area contributed by atoms with Crippen LogP contribution in [0.4, 0.5) is 11.5 Å². The number of amides is 1. The maximum absolute atomic E-state index is 13.7. The molecule has 4 rings (SSSR count). The van der Waals surface area contributed by atoms with Gasteiger partial charge in [0.25, 0.3) is 11.5 Å². The van der Waals surface area contributed by atoms with Gasteiger partial charge in [-0.1, -0.05) is 13.3 Å². The fourth-order valence-electron chi connectivity index (χ4n) is 5.24. The lowest BCUT2D eigenvalue weighted by Gasteiger charge is -2.33. The first kappa shape index (κ1) is 29.3. The van der Waals surface area contributed by atoms with E-state index in [1.54, 1.807) is 0 Å². The number of aryl methyl sites for hydroxylation is 2. The number of H-pyrrole nitrogens is 1. The van der Waals surface area contributed by atoms with Crippen molar-refractivity contribution in [3.63, 3.8) is 0 Å². The van der Waals surface area contributed by atoms with Crippen LogP contribution >= 0.6 is 0 Å². The van der Waals surface area contributed by atoms with Crippen LogP contribution in [0.3, 0.4) is 0 Å². The van der Waals surface area contributed by atoms with Gasteiger partial charge in [-0.3, -0.25) is 9.59 Å². The van der Waals surface area contributed by atoms with E-state index in [1.807, 2.05) is 31.3 Å². The second-order valence-corrected chi connectivity index (χ2v) is 11.0. The van der Waals surface area contributed by atoms with Crippen molar-refractivity contribution in [2.24, 2.45) is 5.73 Å². The first-order valence-corrected chi connectivity index (χ1v) is 14.2. The van der Waals surface area contributed by atoms with Crippen molar-refractivity contribution in [1.29, 1.82) is 0 Å². The molecule has 0 spiro atoms. The predicted octanol–water partition coefficient (Wildman–Crippen LogP) is 3.66. The number of nitrogens with one attached hydrogen (secondary N) is 3. The lowest BCUT2D eigenvalue weighted by atomic mass is 9.96. The number of carbonyl (C=O) groups excluding carboxylic acids is 1. The van der Waals surface area contributed by atoms with Gasteiger partial charge in [-0.15, -0.1) is 0 Å². The molecule has 3 heterocycles. The Kier molecular flexibility index (Phi) is 9.60. The number of nitrogens with zero attached hydrogens (tertiary/aromatic N) is 3. The number of aromatic amines is 1. The second kappa shape index (κ2) is 13.1. The summed E-state index contributed by atoms with van der Waals surface area (Å²) in [5.41, 5.74) is 12.4. The van der Waals surface area contributed by atoms with Gasteiger partial charge >= 0.3 is 0 Å². The Hall–Kier alpha value is -3.69. The summed E-state index contributed by atoms with van der Waals surface area (Å²) in [4.78, 5) is 38.6. The van der Waals surface area contributed by atoms with E-state index in [4.69, 9.17) is 5.73 Å². The molecular formula is C31H43N7O2. The lowest BCUT2D eigenvalue weighted by molar-refractivity contribution is 0.0950. The van der Waals surface area contributed by atoms with Gasteiger partial charge in [0.05, 0.1) is 0 Å². The summed E-state index contributed by atoms with van der Waals surface area (Å²) in [5.74, 6) is 0.671. The molecule has 0 aliphatic carbocycles. The van der Waals surface area contributed by atoms with Crippen LogP contribution in [0.25, 0.3) is 11.1 Å². The van der Waals surface area contributed by atoms with Crippen molar-refractivity contribution in [3.05, 3.63) is 74.8 Å². The third-order valence-corrected chi connectivity index (χ3v) is 7.36. The number of rotatable bonds is 10. The van der Waals surface area contributed by atoms with Crippen LogP contribution in [-0.4, -0.2) is 60.0 Å². The molecule has 1 saturated heterocycles. The highest BCUT2D eigenvalue weighted by Crippen LogP contribution is 2.31. The van der Waals surface area contributed by atoms with E-state index in [1.165, 1.54) is 0 Å². The average Bonchev–Trinajstić information content (AvgIpc) is 2.92. The SMILES string of the molecule is CCCc1cc(C)[nH]c(=O)c1CNC(=O)c1cc(-c2ccnc(N3CCN(C)CC3)c2)cc(NC(C)C)c1CN. The minimum Gasteiger partial charge on any atom is -0.383 e. The number of hydrogen-bond donors (Lipinski definition) is 4. The molecule has 0 radical (unpaired) electrons. The molecule has 3 aromatic rings. The highest BCUT2D eigenvalue weighted by Gasteiger charge is 2.20. The Morgan fingerprint density at radius 3 is 2.52 bits per heavy atom. The van der Waals surface area contributed by atoms with Gasteiger partial charge in [-0.25, -0.2) is 4.98 Å². The van der Waals surface area contributed by atoms with Gasteiger partial charge in [0.2, 0.25) is 0 Å². The van der Waals surface area contributed by atoms with Gasteiger partial charge < -0.3 is 31.2 Å². The van der Waals surface area contributed by atoms with Crippen LogP contribution in [0.1, 0.15) is 59.9 Å². The van der Waals surface area contributed by atoms with E-state index in [0.717, 1.165) is 78.5 Å². The van der Waals surface area contributed by atoms with Crippen molar-refractivity contribution in [2.75, 3.05) is 43.4 Å². The predicted molar refractivity (Wildman–Crippen MR) is 163 cm³/mol. The molecule has 1 aliphatic rings. The van der Waals surface area contributed by atoms with E-state index in [0.29, 0.717) is 11.1 Å².